The Hall–Kier alpha value is -3.46. The lowest BCUT2D eigenvalue weighted by Gasteiger charge is -2.23. The number of carbonyl (C=O) groups excluding carboxylic acids is 1. The van der Waals surface area contributed by atoms with Gasteiger partial charge in [-0.2, -0.15) is 5.10 Å². The van der Waals surface area contributed by atoms with Gasteiger partial charge in [-0.15, -0.1) is 0 Å². The van der Waals surface area contributed by atoms with Crippen LogP contribution < -0.4 is 14.8 Å². The molecule has 0 aromatic carbocycles. The number of hydrogen-bond acceptors (Lipinski definition) is 7. The number of anilines is 1. The number of H-pyrrole nitrogens is 1. The number of rotatable bonds is 5. The van der Waals surface area contributed by atoms with Crippen LogP contribution in [-0.4, -0.2) is 50.4 Å². The normalized spacial score (nSPS) is 18.1. The number of aromatic nitrogens is 4. The molecule has 0 spiro atoms. The van der Waals surface area contributed by atoms with Crippen LogP contribution >= 0.6 is 0 Å². The Labute approximate surface area is 167 Å². The van der Waals surface area contributed by atoms with Gasteiger partial charge in [0.25, 0.3) is 0 Å². The van der Waals surface area contributed by atoms with Crippen LogP contribution in [0.15, 0.2) is 42.9 Å². The van der Waals surface area contributed by atoms with Crippen molar-refractivity contribution in [3.8, 4) is 22.9 Å². The Morgan fingerprint density at radius 3 is 3.00 bits per heavy atom. The number of aromatic amines is 1. The van der Waals surface area contributed by atoms with E-state index in [4.69, 9.17) is 9.47 Å². The van der Waals surface area contributed by atoms with E-state index in [1.807, 2.05) is 18.2 Å². The lowest BCUT2D eigenvalue weighted by molar-refractivity contribution is -0.120. The van der Waals surface area contributed by atoms with E-state index < -0.39 is 0 Å². The molecule has 2 aliphatic heterocycles. The minimum absolute atomic E-state index is 0.0386. The molecule has 5 rings (SSSR count). The van der Waals surface area contributed by atoms with Gasteiger partial charge in [0.1, 0.15) is 5.69 Å². The van der Waals surface area contributed by atoms with E-state index in [-0.39, 0.29) is 18.7 Å². The Morgan fingerprint density at radius 1 is 1.21 bits per heavy atom. The summed E-state index contributed by atoms with van der Waals surface area (Å²) in [5.41, 5.74) is 3.07. The zero-order chi connectivity index (χ0) is 19.6. The van der Waals surface area contributed by atoms with Crippen molar-refractivity contribution in [3.63, 3.8) is 0 Å². The van der Waals surface area contributed by atoms with E-state index in [0.29, 0.717) is 23.7 Å². The van der Waals surface area contributed by atoms with Gasteiger partial charge in [-0.25, -0.2) is 0 Å². The molecule has 2 aliphatic rings. The van der Waals surface area contributed by atoms with Gasteiger partial charge in [0, 0.05) is 25.0 Å². The molecule has 1 fully saturated rings. The fourth-order valence-corrected chi connectivity index (χ4v) is 3.76. The molecule has 9 heteroatoms. The van der Waals surface area contributed by atoms with Gasteiger partial charge in [0.2, 0.25) is 12.7 Å². The first-order chi connectivity index (χ1) is 14.3. The predicted molar refractivity (Wildman–Crippen MR) is 104 cm³/mol. The molecule has 3 aromatic heterocycles. The van der Waals surface area contributed by atoms with E-state index in [1.54, 1.807) is 24.7 Å². The number of ether oxygens (including phenoxy) is 2. The average Bonchev–Trinajstić information content (AvgIpc) is 3.50. The van der Waals surface area contributed by atoms with Crippen molar-refractivity contribution >= 4 is 11.6 Å². The number of hydrogen-bond donors (Lipinski definition) is 2. The van der Waals surface area contributed by atoms with Crippen LogP contribution in [0.1, 0.15) is 18.5 Å². The van der Waals surface area contributed by atoms with Crippen molar-refractivity contribution < 1.29 is 14.3 Å². The number of fused-ring (bicyclic) bond motifs is 1. The summed E-state index contributed by atoms with van der Waals surface area (Å²) in [6.07, 6.45) is 6.81. The van der Waals surface area contributed by atoms with Crippen molar-refractivity contribution in [2.45, 2.75) is 25.4 Å². The highest BCUT2D eigenvalue weighted by atomic mass is 16.7. The Balaban J connectivity index is 1.26. The van der Waals surface area contributed by atoms with E-state index in [9.17, 15) is 4.79 Å². The maximum atomic E-state index is 12.9. The highest BCUT2D eigenvalue weighted by molar-refractivity contribution is 5.95. The largest absolute Gasteiger partial charge is 0.453 e. The maximum Gasteiger partial charge on any atom is 0.241 e. The average molecular weight is 392 g/mol. The molecule has 2 N–H and O–H groups in total. The minimum atomic E-state index is -0.220. The van der Waals surface area contributed by atoms with Crippen molar-refractivity contribution in [2.75, 3.05) is 18.7 Å². The molecule has 0 aliphatic carbocycles. The van der Waals surface area contributed by atoms with Gasteiger partial charge in [-0.1, -0.05) is 0 Å². The maximum absolute atomic E-state index is 12.9. The smallest absolute Gasteiger partial charge is 0.241 e. The van der Waals surface area contributed by atoms with Gasteiger partial charge >= 0.3 is 0 Å². The molecule has 148 valence electrons. The molecule has 1 saturated heterocycles. The second-order valence-electron chi connectivity index (χ2n) is 7.01. The number of likely N-dealkylation sites (tertiary alicyclic amines) is 1. The Kier molecular flexibility index (Phi) is 4.57. The molecule has 0 saturated carbocycles. The first kappa shape index (κ1) is 17.6. The van der Waals surface area contributed by atoms with Gasteiger partial charge in [-0.3, -0.25) is 24.8 Å². The number of amides is 1. The van der Waals surface area contributed by atoms with E-state index in [0.717, 1.165) is 36.5 Å². The van der Waals surface area contributed by atoms with Gasteiger partial charge < -0.3 is 14.8 Å². The second-order valence-corrected chi connectivity index (χ2v) is 7.01. The first-order valence-electron chi connectivity index (χ1n) is 9.52. The predicted octanol–water partition coefficient (Wildman–Crippen LogP) is 2.20. The molecular formula is C20H20N6O3. The van der Waals surface area contributed by atoms with Crippen LogP contribution in [0.3, 0.4) is 0 Å². The molecule has 0 radical (unpaired) electrons. The highest BCUT2D eigenvalue weighted by Gasteiger charge is 2.32. The lowest BCUT2D eigenvalue weighted by atomic mass is 10.2. The minimum Gasteiger partial charge on any atom is -0.453 e. The lowest BCUT2D eigenvalue weighted by Crippen LogP contribution is -2.39. The Bertz CT molecular complexity index is 1010. The van der Waals surface area contributed by atoms with E-state index in [2.05, 4.69) is 30.4 Å². The fraction of sp³-hybridized carbons (Fsp3) is 0.300. The third kappa shape index (κ3) is 3.52. The van der Waals surface area contributed by atoms with Gasteiger partial charge in [0.15, 0.2) is 11.5 Å². The summed E-state index contributed by atoms with van der Waals surface area (Å²) in [6, 6.07) is 7.11. The van der Waals surface area contributed by atoms with Crippen LogP contribution in [0.25, 0.3) is 11.4 Å². The standard InChI is InChI=1S/C20H20N6O3/c27-20(24-13-3-4-14(22-10-13)15-5-8-23-25-15)17-2-1-9-26(17)11-16-19-18(6-7-21-16)28-12-29-19/h3-8,10,17H,1-2,9,11-12H2,(H,23,25)(H,24,27). The molecule has 1 unspecified atom stereocenters. The topological polar surface area (TPSA) is 105 Å². The molecule has 9 nitrogen and oxygen atoms in total. The number of nitrogens with zero attached hydrogens (tertiary/aromatic N) is 4. The number of carbonyl (C=O) groups is 1. The van der Waals surface area contributed by atoms with Crippen LogP contribution in [0, 0.1) is 0 Å². The highest BCUT2D eigenvalue weighted by Crippen LogP contribution is 2.35. The first-order valence-corrected chi connectivity index (χ1v) is 9.52. The molecule has 5 heterocycles. The monoisotopic (exact) mass is 392 g/mol. The van der Waals surface area contributed by atoms with Gasteiger partial charge in [-0.05, 0) is 37.6 Å². The molecule has 0 bridgehead atoms. The molecule has 1 atom stereocenters. The van der Waals surface area contributed by atoms with Gasteiger partial charge in [0.05, 0.1) is 29.3 Å². The van der Waals surface area contributed by atoms with Crippen LogP contribution in [0.4, 0.5) is 5.69 Å². The SMILES string of the molecule is O=C(Nc1ccc(-c2ccn[nH]2)nc1)C1CCCN1Cc1nccc2c1OCO2. The number of nitrogens with one attached hydrogen (secondary N) is 2. The molecular weight excluding hydrogens is 372 g/mol. The van der Waals surface area contributed by atoms with Crippen LogP contribution in [-0.2, 0) is 11.3 Å². The zero-order valence-corrected chi connectivity index (χ0v) is 15.7. The second kappa shape index (κ2) is 7.51. The van der Waals surface area contributed by atoms with Crippen LogP contribution in [0.2, 0.25) is 0 Å². The molecule has 29 heavy (non-hydrogen) atoms. The van der Waals surface area contributed by atoms with Crippen molar-refractivity contribution in [2.24, 2.45) is 0 Å². The van der Waals surface area contributed by atoms with E-state index >= 15 is 0 Å². The quantitative estimate of drug-likeness (QED) is 0.686. The zero-order valence-electron chi connectivity index (χ0n) is 15.7. The summed E-state index contributed by atoms with van der Waals surface area (Å²) in [7, 11) is 0. The number of pyridine rings is 2. The van der Waals surface area contributed by atoms with E-state index in [1.165, 1.54) is 0 Å². The Morgan fingerprint density at radius 2 is 2.17 bits per heavy atom. The third-order valence-corrected chi connectivity index (χ3v) is 5.19. The van der Waals surface area contributed by atoms with Crippen molar-refractivity contribution in [1.82, 2.24) is 25.1 Å². The van der Waals surface area contributed by atoms with Crippen molar-refractivity contribution in [3.05, 3.63) is 48.5 Å². The third-order valence-electron chi connectivity index (χ3n) is 5.19. The summed E-state index contributed by atoms with van der Waals surface area (Å²) >= 11 is 0. The fourth-order valence-electron chi connectivity index (χ4n) is 3.76. The summed E-state index contributed by atoms with van der Waals surface area (Å²) < 4.78 is 11.0. The summed E-state index contributed by atoms with van der Waals surface area (Å²) in [5, 5.41) is 9.78. The molecule has 3 aromatic rings. The summed E-state index contributed by atoms with van der Waals surface area (Å²) in [4.78, 5) is 23.8. The summed E-state index contributed by atoms with van der Waals surface area (Å²) in [5.74, 6) is 1.35. The molecule has 1 amide bonds. The van der Waals surface area contributed by atoms with Crippen molar-refractivity contribution in [1.29, 1.82) is 0 Å². The summed E-state index contributed by atoms with van der Waals surface area (Å²) in [6.45, 7) is 1.59. The van der Waals surface area contributed by atoms with Crippen LogP contribution in [0.5, 0.6) is 11.5 Å².